The van der Waals surface area contributed by atoms with Crippen molar-refractivity contribution in [2.24, 2.45) is 10.2 Å². The van der Waals surface area contributed by atoms with Gasteiger partial charge in [-0.1, -0.05) is 0 Å². The van der Waals surface area contributed by atoms with Crippen LogP contribution in [0, 0.1) is 10.1 Å². The van der Waals surface area contributed by atoms with Gasteiger partial charge in [-0.3, -0.25) is 10.1 Å². The second-order valence-corrected chi connectivity index (χ2v) is 4.42. The molecule has 2 rings (SSSR count). The molecule has 0 fully saturated rings. The van der Waals surface area contributed by atoms with Gasteiger partial charge in [-0.05, 0) is 12.1 Å². The van der Waals surface area contributed by atoms with Crippen LogP contribution >= 0.6 is 0 Å². The molecular formula is C14H13N5O4. The smallest absolute Gasteiger partial charge is 0.341 e. The Morgan fingerprint density at radius 2 is 1.91 bits per heavy atom. The molecule has 0 saturated heterocycles. The van der Waals surface area contributed by atoms with Crippen LogP contribution in [-0.2, 0) is 9.47 Å². The zero-order valence-corrected chi connectivity index (χ0v) is 12.5. The van der Waals surface area contributed by atoms with Gasteiger partial charge >= 0.3 is 5.71 Å². The Morgan fingerprint density at radius 3 is 2.43 bits per heavy atom. The van der Waals surface area contributed by atoms with Crippen LogP contribution in [-0.4, -0.2) is 29.6 Å². The fourth-order valence-electron chi connectivity index (χ4n) is 1.89. The summed E-state index contributed by atoms with van der Waals surface area (Å²) >= 11 is 0. The highest BCUT2D eigenvalue weighted by Gasteiger charge is 2.27. The van der Waals surface area contributed by atoms with Crippen LogP contribution in [0.1, 0.15) is 6.42 Å². The number of methoxy groups -OCH3 is 2. The number of azo groups is 1. The summed E-state index contributed by atoms with van der Waals surface area (Å²) < 4.78 is 10.3. The molecule has 0 N–H and O–H groups in total. The summed E-state index contributed by atoms with van der Waals surface area (Å²) in [6.45, 7) is 0. The minimum Gasteiger partial charge on any atom is -0.498 e. The Kier molecular flexibility index (Phi) is 4.96. The van der Waals surface area contributed by atoms with Crippen LogP contribution in [0.2, 0.25) is 0 Å². The lowest BCUT2D eigenvalue weighted by Gasteiger charge is -2.12. The number of hydrogen-bond acceptors (Lipinski definition) is 6. The van der Waals surface area contributed by atoms with Gasteiger partial charge in [-0.2, -0.15) is 9.90 Å². The first-order valence-electron chi connectivity index (χ1n) is 6.49. The highest BCUT2D eigenvalue weighted by atomic mass is 16.6. The Bertz CT molecular complexity index is 758. The first kappa shape index (κ1) is 16.1. The van der Waals surface area contributed by atoms with Crippen LogP contribution in [0.3, 0.4) is 0 Å². The van der Waals surface area contributed by atoms with E-state index in [-0.39, 0.29) is 12.1 Å². The monoisotopic (exact) mass is 315 g/mol. The standard InChI is InChI=1S/C14H13N5O4/c1-22-13-8-12(14(23-2)7-11(13)16-15)18-17-9-3-5-10(6-4-9)19(20)21/h3-6,8H,7H2,1-2H3. The number of hydrogen-bond donors (Lipinski definition) is 0. The maximum atomic E-state index is 10.6. The number of benzene rings is 1. The zero-order valence-electron chi connectivity index (χ0n) is 12.5. The summed E-state index contributed by atoms with van der Waals surface area (Å²) in [6, 6.07) is 5.65. The topological polar surface area (TPSA) is 123 Å². The zero-order chi connectivity index (χ0) is 16.8. The van der Waals surface area contributed by atoms with E-state index in [1.54, 1.807) is 0 Å². The second kappa shape index (κ2) is 7.10. The minimum absolute atomic E-state index is 0.0243. The van der Waals surface area contributed by atoms with E-state index in [9.17, 15) is 10.1 Å². The van der Waals surface area contributed by atoms with Crippen LogP contribution < -0.4 is 0 Å². The van der Waals surface area contributed by atoms with Crippen molar-refractivity contribution in [3.05, 3.63) is 63.2 Å². The van der Waals surface area contributed by atoms with E-state index in [4.69, 9.17) is 15.0 Å². The summed E-state index contributed by atoms with van der Waals surface area (Å²) in [7, 11) is 2.91. The molecule has 0 aliphatic heterocycles. The van der Waals surface area contributed by atoms with Crippen molar-refractivity contribution in [2.75, 3.05) is 14.2 Å². The van der Waals surface area contributed by atoms with Gasteiger partial charge in [0, 0.05) is 18.2 Å². The average Bonchev–Trinajstić information content (AvgIpc) is 2.59. The molecule has 0 aromatic heterocycles. The van der Waals surface area contributed by atoms with Crippen molar-refractivity contribution in [2.45, 2.75) is 6.42 Å². The number of non-ortho nitro benzene ring substituents is 1. The Balaban J connectivity index is 2.29. The summed E-state index contributed by atoms with van der Waals surface area (Å²) in [4.78, 5) is 13.3. The molecule has 1 aliphatic rings. The third-order valence-corrected chi connectivity index (χ3v) is 3.09. The highest BCUT2D eigenvalue weighted by Crippen LogP contribution is 2.25. The molecule has 0 spiro atoms. The van der Waals surface area contributed by atoms with Crippen molar-refractivity contribution in [1.29, 1.82) is 0 Å². The molecule has 0 radical (unpaired) electrons. The van der Waals surface area contributed by atoms with Gasteiger partial charge in [-0.25, -0.2) is 0 Å². The maximum Gasteiger partial charge on any atom is 0.341 e. The van der Waals surface area contributed by atoms with E-state index in [0.717, 1.165) is 0 Å². The predicted octanol–water partition coefficient (Wildman–Crippen LogP) is 3.14. The molecule has 0 unspecified atom stereocenters. The van der Waals surface area contributed by atoms with E-state index >= 15 is 0 Å². The first-order chi connectivity index (χ1) is 11.1. The van der Waals surface area contributed by atoms with Gasteiger partial charge in [0.15, 0.2) is 0 Å². The van der Waals surface area contributed by atoms with Gasteiger partial charge in [0.05, 0.1) is 24.8 Å². The average molecular weight is 315 g/mol. The fraction of sp³-hybridized carbons (Fsp3) is 0.214. The lowest BCUT2D eigenvalue weighted by atomic mass is 10.1. The minimum atomic E-state index is -0.489. The van der Waals surface area contributed by atoms with E-state index in [0.29, 0.717) is 28.6 Å². The molecule has 1 aromatic rings. The van der Waals surface area contributed by atoms with Gasteiger partial charge in [0.25, 0.3) is 5.69 Å². The Labute approximate surface area is 131 Å². The van der Waals surface area contributed by atoms with E-state index < -0.39 is 4.92 Å². The summed E-state index contributed by atoms with van der Waals surface area (Å²) in [5.41, 5.74) is 10.1. The van der Waals surface area contributed by atoms with E-state index in [1.807, 2.05) is 0 Å². The molecule has 1 aliphatic carbocycles. The van der Waals surface area contributed by atoms with Crippen molar-refractivity contribution in [3.63, 3.8) is 0 Å². The van der Waals surface area contributed by atoms with Gasteiger partial charge in [0.1, 0.15) is 17.9 Å². The first-order valence-corrected chi connectivity index (χ1v) is 6.49. The van der Waals surface area contributed by atoms with Crippen LogP contribution in [0.4, 0.5) is 11.4 Å². The van der Waals surface area contributed by atoms with Crippen LogP contribution in [0.25, 0.3) is 5.53 Å². The van der Waals surface area contributed by atoms with Gasteiger partial charge in [0.2, 0.25) is 5.76 Å². The van der Waals surface area contributed by atoms with Gasteiger partial charge in [-0.15, -0.1) is 5.11 Å². The normalized spacial score (nSPS) is 14.5. The van der Waals surface area contributed by atoms with Crippen molar-refractivity contribution < 1.29 is 19.2 Å². The molecule has 118 valence electrons. The van der Waals surface area contributed by atoms with Crippen molar-refractivity contribution in [3.8, 4) is 0 Å². The molecule has 0 saturated carbocycles. The molecule has 0 heterocycles. The lowest BCUT2D eigenvalue weighted by Crippen LogP contribution is -2.14. The third-order valence-electron chi connectivity index (χ3n) is 3.09. The van der Waals surface area contributed by atoms with Crippen LogP contribution in [0.5, 0.6) is 0 Å². The van der Waals surface area contributed by atoms with Crippen molar-refractivity contribution in [1.82, 2.24) is 0 Å². The van der Waals surface area contributed by atoms with Crippen molar-refractivity contribution >= 4 is 17.1 Å². The number of nitro groups is 1. The number of nitro benzene ring substituents is 1. The predicted molar refractivity (Wildman–Crippen MR) is 80.0 cm³/mol. The molecule has 0 atom stereocenters. The maximum absolute atomic E-state index is 10.6. The SMILES string of the molecule is COC1=CC(N=Nc2ccc([N+](=O)[O-])cc2)=C(OC)CC1=[N+]=[N-]. The molecule has 0 bridgehead atoms. The Hall–Kier alpha value is -3.32. The lowest BCUT2D eigenvalue weighted by molar-refractivity contribution is -0.384. The number of nitrogens with zero attached hydrogens (tertiary/aromatic N) is 5. The molecule has 23 heavy (non-hydrogen) atoms. The molecule has 0 amide bonds. The van der Waals surface area contributed by atoms with E-state index in [2.05, 4.69) is 15.0 Å². The molecule has 9 nitrogen and oxygen atoms in total. The Morgan fingerprint density at radius 1 is 1.22 bits per heavy atom. The second-order valence-electron chi connectivity index (χ2n) is 4.42. The highest BCUT2D eigenvalue weighted by molar-refractivity contribution is 5.97. The van der Waals surface area contributed by atoms with E-state index in [1.165, 1.54) is 44.6 Å². The van der Waals surface area contributed by atoms with Gasteiger partial charge < -0.3 is 15.0 Å². The summed E-state index contributed by atoms with van der Waals surface area (Å²) in [6.07, 6.45) is 1.74. The molecule has 9 heteroatoms. The third kappa shape index (κ3) is 3.66. The quantitative estimate of drug-likeness (QED) is 0.358. The summed E-state index contributed by atoms with van der Waals surface area (Å²) in [5.74, 6) is 0.815. The number of allylic oxidation sites excluding steroid dienone is 3. The number of ether oxygens (including phenoxy) is 2. The number of rotatable bonds is 5. The molecule has 1 aromatic carbocycles. The fourth-order valence-corrected chi connectivity index (χ4v) is 1.89. The largest absolute Gasteiger partial charge is 0.498 e. The summed E-state index contributed by atoms with van der Waals surface area (Å²) in [5, 5.41) is 18.7. The molecular weight excluding hydrogens is 302 g/mol. The van der Waals surface area contributed by atoms with Crippen LogP contribution in [0.15, 0.2) is 57.8 Å².